The van der Waals surface area contributed by atoms with Crippen LogP contribution in [0.2, 0.25) is 0 Å². The number of nitriles is 1. The first kappa shape index (κ1) is 26.0. The van der Waals surface area contributed by atoms with Crippen LogP contribution in [0, 0.1) is 11.3 Å². The van der Waals surface area contributed by atoms with Crippen LogP contribution < -0.4 is 9.46 Å². The summed E-state index contributed by atoms with van der Waals surface area (Å²) in [6.45, 7) is -2.42. The van der Waals surface area contributed by atoms with Crippen LogP contribution in [0.3, 0.4) is 0 Å². The van der Waals surface area contributed by atoms with Crippen LogP contribution in [0.1, 0.15) is 12.5 Å². The number of rotatable bonds is 7. The van der Waals surface area contributed by atoms with E-state index >= 15 is 0 Å². The zero-order chi connectivity index (χ0) is 27.0. The molecule has 0 saturated carbocycles. The Kier molecular flexibility index (Phi) is 6.85. The third-order valence-electron chi connectivity index (χ3n) is 5.27. The van der Waals surface area contributed by atoms with Crippen LogP contribution in [-0.4, -0.2) is 41.8 Å². The van der Waals surface area contributed by atoms with E-state index in [0.29, 0.717) is 12.3 Å². The third kappa shape index (κ3) is 5.23. The fraction of sp³-hybridized carbons (Fsp3) is 0.174. The average molecular weight is 537 g/mol. The van der Waals surface area contributed by atoms with Gasteiger partial charge in [-0.25, -0.2) is 13.4 Å². The number of alkyl halides is 5. The number of sulfonamides is 1. The topological polar surface area (TPSA) is 110 Å². The van der Waals surface area contributed by atoms with Crippen molar-refractivity contribution in [2.75, 3.05) is 0 Å². The Morgan fingerprint density at radius 2 is 1.86 bits per heavy atom. The lowest BCUT2D eigenvalue weighted by atomic mass is 10.1. The van der Waals surface area contributed by atoms with Gasteiger partial charge in [-0.1, -0.05) is 6.07 Å². The number of hydrogen-bond donors (Lipinski definition) is 1. The summed E-state index contributed by atoms with van der Waals surface area (Å²) in [5.74, 6) is 0.116. The van der Waals surface area contributed by atoms with Crippen LogP contribution in [0.25, 0.3) is 28.1 Å². The predicted molar refractivity (Wildman–Crippen MR) is 121 cm³/mol. The van der Waals surface area contributed by atoms with Crippen LogP contribution in [0.15, 0.2) is 65.8 Å². The molecule has 0 spiro atoms. The number of aromatic nitrogens is 3. The van der Waals surface area contributed by atoms with Crippen molar-refractivity contribution >= 4 is 20.9 Å². The van der Waals surface area contributed by atoms with Gasteiger partial charge in [-0.05, 0) is 43.3 Å². The van der Waals surface area contributed by atoms with Gasteiger partial charge >= 0.3 is 12.8 Å². The van der Waals surface area contributed by atoms with Gasteiger partial charge in [-0.15, -0.1) is 0 Å². The molecular weight excluding hydrogens is 521 g/mol. The Hall–Kier alpha value is -4.09. The zero-order valence-electron chi connectivity index (χ0n) is 18.7. The monoisotopic (exact) mass is 537 g/mol. The van der Waals surface area contributed by atoms with E-state index in [9.17, 15) is 35.6 Å². The first-order valence-electron chi connectivity index (χ1n) is 10.4. The fourth-order valence-electron chi connectivity index (χ4n) is 3.57. The first-order valence-corrected chi connectivity index (χ1v) is 11.9. The number of benzene rings is 1. The second-order valence-corrected chi connectivity index (χ2v) is 9.39. The minimum Gasteiger partial charge on any atom is -0.435 e. The Balaban J connectivity index is 1.88. The summed E-state index contributed by atoms with van der Waals surface area (Å²) in [5, 5.41) is 10.3. The van der Waals surface area contributed by atoms with E-state index in [2.05, 4.69) is 14.7 Å². The highest BCUT2D eigenvalue weighted by atomic mass is 32.2. The Morgan fingerprint density at radius 1 is 1.11 bits per heavy atom. The molecule has 0 saturated heterocycles. The molecule has 4 rings (SSSR count). The number of halogens is 5. The van der Waals surface area contributed by atoms with Gasteiger partial charge in [-0.3, -0.25) is 9.55 Å². The largest absolute Gasteiger partial charge is 0.435 e. The predicted octanol–water partition coefficient (Wildman–Crippen LogP) is 4.79. The summed E-state index contributed by atoms with van der Waals surface area (Å²) < 4.78 is 96.5. The lowest BCUT2D eigenvalue weighted by Gasteiger charge is -2.17. The van der Waals surface area contributed by atoms with Crippen molar-refractivity contribution in [3.8, 4) is 29.0 Å². The SMILES string of the molecule is CC(NS(=O)(=O)c1ccc(-c2c(C#N)c3ccc(OC(F)F)cc3n2-c2ccccn2)nc1)C(F)(F)F. The summed E-state index contributed by atoms with van der Waals surface area (Å²) in [7, 11) is -4.57. The molecule has 3 heterocycles. The van der Waals surface area contributed by atoms with Crippen LogP contribution in [0.5, 0.6) is 5.75 Å². The molecule has 3 aromatic heterocycles. The summed E-state index contributed by atoms with van der Waals surface area (Å²) in [4.78, 5) is 7.83. The van der Waals surface area contributed by atoms with Gasteiger partial charge in [0.15, 0.2) is 0 Å². The highest BCUT2D eigenvalue weighted by Gasteiger charge is 2.39. The van der Waals surface area contributed by atoms with Crippen LogP contribution in [-0.2, 0) is 10.0 Å². The van der Waals surface area contributed by atoms with Crippen molar-refractivity contribution in [2.45, 2.75) is 30.6 Å². The van der Waals surface area contributed by atoms with E-state index in [4.69, 9.17) is 0 Å². The van der Waals surface area contributed by atoms with Gasteiger partial charge < -0.3 is 4.74 Å². The van der Waals surface area contributed by atoms with Crippen molar-refractivity contribution in [3.05, 3.63) is 66.5 Å². The molecule has 37 heavy (non-hydrogen) atoms. The second-order valence-electron chi connectivity index (χ2n) is 7.68. The average Bonchev–Trinajstić information content (AvgIpc) is 3.17. The Labute approximate surface area is 207 Å². The van der Waals surface area contributed by atoms with Crippen LogP contribution in [0.4, 0.5) is 22.0 Å². The molecule has 1 N–H and O–H groups in total. The highest BCUT2D eigenvalue weighted by Crippen LogP contribution is 2.37. The molecule has 1 atom stereocenters. The fourth-order valence-corrected chi connectivity index (χ4v) is 4.74. The standard InChI is InChI=1S/C23H16F5N5O3S/c1-13(23(26,27)28)32-37(34,35)15-6-8-18(31-12-15)21-17(11-29)16-7-5-14(36-22(24)25)10-19(16)33(21)20-4-2-3-9-30-20/h2-10,12-13,22,32H,1H3. The molecule has 0 aliphatic carbocycles. The van der Waals surface area contributed by atoms with Gasteiger partial charge in [0, 0.05) is 23.8 Å². The van der Waals surface area contributed by atoms with Gasteiger partial charge in [0.1, 0.15) is 28.6 Å². The maximum Gasteiger partial charge on any atom is 0.404 e. The van der Waals surface area contributed by atoms with Crippen molar-refractivity contribution in [2.24, 2.45) is 0 Å². The van der Waals surface area contributed by atoms with Crippen molar-refractivity contribution in [1.82, 2.24) is 19.3 Å². The van der Waals surface area contributed by atoms with Crippen LogP contribution >= 0.6 is 0 Å². The smallest absolute Gasteiger partial charge is 0.404 e. The number of nitrogens with zero attached hydrogens (tertiary/aromatic N) is 4. The summed E-state index contributed by atoms with van der Waals surface area (Å²) in [5.41, 5.74) is 0.599. The molecule has 0 fully saturated rings. The molecule has 0 radical (unpaired) electrons. The molecule has 0 aliphatic heterocycles. The quantitative estimate of drug-likeness (QED) is 0.340. The lowest BCUT2D eigenvalue weighted by molar-refractivity contribution is -0.147. The summed E-state index contributed by atoms with van der Waals surface area (Å²) in [6, 6.07) is 10.8. The summed E-state index contributed by atoms with van der Waals surface area (Å²) in [6.07, 6.45) is -2.47. The number of hydrogen-bond acceptors (Lipinski definition) is 6. The van der Waals surface area contributed by atoms with E-state index in [1.807, 2.05) is 6.07 Å². The van der Waals surface area contributed by atoms with E-state index in [0.717, 1.165) is 12.3 Å². The summed E-state index contributed by atoms with van der Waals surface area (Å²) >= 11 is 0. The van der Waals surface area contributed by atoms with Crippen molar-refractivity contribution in [1.29, 1.82) is 5.26 Å². The molecule has 0 aliphatic rings. The maximum atomic E-state index is 12.8. The minimum absolute atomic E-state index is 0.0798. The molecule has 0 amide bonds. The van der Waals surface area contributed by atoms with Crippen molar-refractivity contribution in [3.63, 3.8) is 0 Å². The Bertz CT molecular complexity index is 1580. The molecule has 4 aromatic rings. The second kappa shape index (κ2) is 9.75. The number of pyridine rings is 2. The molecule has 192 valence electrons. The van der Waals surface area contributed by atoms with E-state index in [-0.39, 0.29) is 34.0 Å². The van der Waals surface area contributed by atoms with Gasteiger partial charge in [-0.2, -0.15) is 31.9 Å². The first-order chi connectivity index (χ1) is 17.4. The molecule has 1 aromatic carbocycles. The molecular formula is C23H16F5N5O3S. The minimum atomic E-state index is -4.79. The molecule has 0 bridgehead atoms. The molecule has 1 unspecified atom stereocenters. The van der Waals surface area contributed by atoms with E-state index in [1.54, 1.807) is 18.2 Å². The lowest BCUT2D eigenvalue weighted by Crippen LogP contribution is -2.42. The Morgan fingerprint density at radius 3 is 2.43 bits per heavy atom. The van der Waals surface area contributed by atoms with Crippen molar-refractivity contribution < 1.29 is 35.1 Å². The zero-order valence-corrected chi connectivity index (χ0v) is 19.6. The van der Waals surface area contributed by atoms with E-state index < -0.39 is 33.7 Å². The number of ether oxygens (including phenoxy) is 1. The van der Waals surface area contributed by atoms with Gasteiger partial charge in [0.2, 0.25) is 10.0 Å². The van der Waals surface area contributed by atoms with Gasteiger partial charge in [0.05, 0.1) is 22.5 Å². The molecule has 14 heteroatoms. The van der Waals surface area contributed by atoms with E-state index in [1.165, 1.54) is 39.8 Å². The number of fused-ring (bicyclic) bond motifs is 1. The van der Waals surface area contributed by atoms with Gasteiger partial charge in [0.25, 0.3) is 0 Å². The normalized spacial score (nSPS) is 13.0. The highest BCUT2D eigenvalue weighted by molar-refractivity contribution is 7.89. The number of nitrogens with one attached hydrogen (secondary N) is 1. The third-order valence-corrected chi connectivity index (χ3v) is 6.79. The molecule has 8 nitrogen and oxygen atoms in total. The maximum absolute atomic E-state index is 12.8.